The van der Waals surface area contributed by atoms with Gasteiger partial charge in [0.15, 0.2) is 0 Å². The molecular weight excluding hydrogens is 400 g/mol. The lowest BCUT2D eigenvalue weighted by Gasteiger charge is -2.35. The number of hydrogen-bond donors (Lipinski definition) is 0. The van der Waals surface area contributed by atoms with Crippen molar-refractivity contribution in [1.82, 2.24) is 0 Å². The van der Waals surface area contributed by atoms with Gasteiger partial charge in [-0.15, -0.1) is 0 Å². The molecule has 1 fully saturated rings. The lowest BCUT2D eigenvalue weighted by Crippen LogP contribution is -2.22. The summed E-state index contributed by atoms with van der Waals surface area (Å²) in [4.78, 5) is 0. The molecule has 2 aliphatic rings. The third-order valence-electron chi connectivity index (χ3n) is 8.16. The minimum absolute atomic E-state index is 0.769. The van der Waals surface area contributed by atoms with Gasteiger partial charge in [-0.05, 0) is 112 Å². The van der Waals surface area contributed by atoms with Crippen molar-refractivity contribution in [2.75, 3.05) is 6.61 Å². The molecule has 2 aromatic carbocycles. The van der Waals surface area contributed by atoms with Gasteiger partial charge in [0.1, 0.15) is 5.75 Å². The summed E-state index contributed by atoms with van der Waals surface area (Å²) in [7, 11) is 0. The quantitative estimate of drug-likeness (QED) is 0.262. The maximum Gasteiger partial charge on any atom is 0.119 e. The van der Waals surface area contributed by atoms with Crippen molar-refractivity contribution >= 4 is 0 Å². The van der Waals surface area contributed by atoms with E-state index in [2.05, 4.69) is 74.5 Å². The highest BCUT2D eigenvalue weighted by atomic mass is 16.5. The van der Waals surface area contributed by atoms with Crippen molar-refractivity contribution in [3.8, 4) is 5.75 Å². The number of ether oxygens (including phenoxy) is 1. The van der Waals surface area contributed by atoms with E-state index in [1.54, 1.807) is 5.56 Å². The Kier molecular flexibility index (Phi) is 9.09. The second-order valence-electron chi connectivity index (χ2n) is 10.6. The van der Waals surface area contributed by atoms with Gasteiger partial charge in [0, 0.05) is 0 Å². The van der Waals surface area contributed by atoms with Gasteiger partial charge in [0.2, 0.25) is 0 Å². The first-order valence-corrected chi connectivity index (χ1v) is 13.7. The van der Waals surface area contributed by atoms with Crippen molar-refractivity contribution < 1.29 is 4.74 Å². The average Bonchev–Trinajstić information content (AvgIpc) is 2.87. The maximum absolute atomic E-state index is 5.88. The molecule has 0 bridgehead atoms. The van der Waals surface area contributed by atoms with Gasteiger partial charge in [-0.2, -0.15) is 0 Å². The highest BCUT2D eigenvalue weighted by molar-refractivity contribution is 5.27. The van der Waals surface area contributed by atoms with E-state index >= 15 is 0 Å². The summed E-state index contributed by atoms with van der Waals surface area (Å²) in [5.74, 6) is 4.40. The van der Waals surface area contributed by atoms with Crippen LogP contribution in [0.3, 0.4) is 0 Å². The molecule has 33 heavy (non-hydrogen) atoms. The lowest BCUT2D eigenvalue weighted by molar-refractivity contribution is 0.239. The van der Waals surface area contributed by atoms with E-state index in [0.29, 0.717) is 0 Å². The molecule has 4 rings (SSSR count). The van der Waals surface area contributed by atoms with Crippen molar-refractivity contribution in [3.63, 3.8) is 0 Å². The maximum atomic E-state index is 5.88. The Morgan fingerprint density at radius 1 is 0.788 bits per heavy atom. The van der Waals surface area contributed by atoms with Gasteiger partial charge >= 0.3 is 0 Å². The Hall–Kier alpha value is -2.02. The molecule has 2 unspecified atom stereocenters. The molecule has 1 saturated carbocycles. The summed E-state index contributed by atoms with van der Waals surface area (Å²) >= 11 is 0. The normalized spacial score (nSPS) is 25.2. The molecule has 178 valence electrons. The van der Waals surface area contributed by atoms with Gasteiger partial charge in [0.05, 0.1) is 6.61 Å². The van der Waals surface area contributed by atoms with Crippen molar-refractivity contribution in [3.05, 3.63) is 77.4 Å². The minimum Gasteiger partial charge on any atom is -0.494 e. The Labute approximate surface area is 202 Å². The van der Waals surface area contributed by atoms with Crippen LogP contribution in [0, 0.1) is 24.7 Å². The smallest absolute Gasteiger partial charge is 0.119 e. The standard InChI is InChI=1S/C32H44O/c1-3-4-6-26-10-14-28(15-11-26)30-18-20-31(21-19-30)29-16-12-27(13-17-29)7-5-24-33-32-22-8-25(2)9-23-32/h8-10,12-14,16-17,22-23,26,28,30-31H,3-7,11,15,18-21,24H2,1-2H3. The number of rotatable bonds is 10. The molecule has 0 radical (unpaired) electrons. The first kappa shape index (κ1) is 24.1. The molecule has 0 N–H and O–H groups in total. The van der Waals surface area contributed by atoms with E-state index in [0.717, 1.165) is 48.9 Å². The van der Waals surface area contributed by atoms with Crippen LogP contribution in [-0.2, 0) is 6.42 Å². The number of allylic oxidation sites excluding steroid dienone is 2. The molecule has 0 saturated heterocycles. The average molecular weight is 445 g/mol. The van der Waals surface area contributed by atoms with Crippen LogP contribution >= 0.6 is 0 Å². The van der Waals surface area contributed by atoms with Crippen molar-refractivity contribution in [1.29, 1.82) is 0 Å². The molecule has 2 aliphatic carbocycles. The topological polar surface area (TPSA) is 9.23 Å². The minimum atomic E-state index is 0.769. The second kappa shape index (κ2) is 12.4. The molecule has 0 spiro atoms. The molecule has 2 atom stereocenters. The van der Waals surface area contributed by atoms with Crippen LogP contribution in [0.5, 0.6) is 5.75 Å². The van der Waals surface area contributed by atoms with E-state index in [1.165, 1.54) is 68.9 Å². The van der Waals surface area contributed by atoms with Crippen LogP contribution in [0.4, 0.5) is 0 Å². The lowest BCUT2D eigenvalue weighted by atomic mass is 9.70. The predicted octanol–water partition coefficient (Wildman–Crippen LogP) is 9.05. The van der Waals surface area contributed by atoms with E-state index in [-0.39, 0.29) is 0 Å². The first-order valence-electron chi connectivity index (χ1n) is 13.7. The number of aryl methyl sites for hydroxylation is 2. The number of hydrogen-bond acceptors (Lipinski definition) is 1. The largest absolute Gasteiger partial charge is 0.494 e. The fourth-order valence-electron chi connectivity index (χ4n) is 5.94. The van der Waals surface area contributed by atoms with E-state index in [9.17, 15) is 0 Å². The van der Waals surface area contributed by atoms with Crippen LogP contribution in [0.1, 0.15) is 93.7 Å². The Morgan fingerprint density at radius 2 is 1.55 bits per heavy atom. The summed E-state index contributed by atoms with van der Waals surface area (Å²) in [6.07, 6.45) is 19.9. The fourth-order valence-corrected chi connectivity index (χ4v) is 5.94. The summed E-state index contributed by atoms with van der Waals surface area (Å²) in [5, 5.41) is 0. The first-order chi connectivity index (χ1) is 16.2. The molecule has 0 amide bonds. The molecule has 1 nitrogen and oxygen atoms in total. The Balaban J connectivity index is 1.17. The second-order valence-corrected chi connectivity index (χ2v) is 10.6. The van der Waals surface area contributed by atoms with Crippen LogP contribution in [0.2, 0.25) is 0 Å². The van der Waals surface area contributed by atoms with Gasteiger partial charge in [-0.1, -0.05) is 73.9 Å². The SMILES string of the molecule is CCCCC1C=CC(C2CCC(c3ccc(CCCOc4ccc(C)cc4)cc3)CC2)CC1. The third kappa shape index (κ3) is 7.23. The molecule has 0 heterocycles. The third-order valence-corrected chi connectivity index (χ3v) is 8.16. The van der Waals surface area contributed by atoms with Crippen LogP contribution in [0.25, 0.3) is 0 Å². The number of benzene rings is 2. The Bertz CT molecular complexity index is 839. The molecule has 0 aliphatic heterocycles. The zero-order chi connectivity index (χ0) is 22.9. The fraction of sp³-hybridized carbons (Fsp3) is 0.562. The molecule has 0 aromatic heterocycles. The van der Waals surface area contributed by atoms with Gasteiger partial charge < -0.3 is 4.74 Å². The molecule has 2 aromatic rings. The molecular formula is C32H44O. The highest BCUT2D eigenvalue weighted by Crippen LogP contribution is 2.42. The van der Waals surface area contributed by atoms with Crippen molar-refractivity contribution in [2.24, 2.45) is 17.8 Å². The summed E-state index contributed by atoms with van der Waals surface area (Å²) in [5.41, 5.74) is 4.27. The van der Waals surface area contributed by atoms with Gasteiger partial charge in [-0.3, -0.25) is 0 Å². The van der Waals surface area contributed by atoms with Crippen molar-refractivity contribution in [2.45, 2.75) is 90.4 Å². The van der Waals surface area contributed by atoms with E-state index in [4.69, 9.17) is 4.74 Å². The zero-order valence-corrected chi connectivity index (χ0v) is 21.0. The van der Waals surface area contributed by atoms with Crippen LogP contribution < -0.4 is 4.74 Å². The van der Waals surface area contributed by atoms with Crippen LogP contribution in [-0.4, -0.2) is 6.61 Å². The zero-order valence-electron chi connectivity index (χ0n) is 21.0. The van der Waals surface area contributed by atoms with E-state index in [1.807, 2.05) is 0 Å². The van der Waals surface area contributed by atoms with E-state index < -0.39 is 0 Å². The molecule has 1 heteroatoms. The highest BCUT2D eigenvalue weighted by Gasteiger charge is 2.28. The monoisotopic (exact) mass is 444 g/mol. The summed E-state index contributed by atoms with van der Waals surface area (Å²) in [6, 6.07) is 17.9. The Morgan fingerprint density at radius 3 is 2.21 bits per heavy atom. The predicted molar refractivity (Wildman–Crippen MR) is 141 cm³/mol. The van der Waals surface area contributed by atoms with Gasteiger partial charge in [-0.25, -0.2) is 0 Å². The number of unbranched alkanes of at least 4 members (excludes halogenated alkanes) is 1. The van der Waals surface area contributed by atoms with Gasteiger partial charge in [0.25, 0.3) is 0 Å². The van der Waals surface area contributed by atoms with Crippen LogP contribution in [0.15, 0.2) is 60.7 Å². The summed E-state index contributed by atoms with van der Waals surface area (Å²) < 4.78 is 5.88. The summed E-state index contributed by atoms with van der Waals surface area (Å²) in [6.45, 7) is 5.20.